The Balaban J connectivity index is 2.00. The Labute approximate surface area is 182 Å². The van der Waals surface area contributed by atoms with Gasteiger partial charge in [0.15, 0.2) is 5.82 Å². The molecule has 0 aliphatic carbocycles. The highest BCUT2D eigenvalue weighted by atomic mass is 79.9. The number of benzene rings is 1. The van der Waals surface area contributed by atoms with E-state index in [-0.39, 0.29) is 32.8 Å². The van der Waals surface area contributed by atoms with Crippen molar-refractivity contribution in [3.05, 3.63) is 33.1 Å². The highest BCUT2D eigenvalue weighted by molar-refractivity contribution is 9.10. The minimum absolute atomic E-state index is 0.0474. The van der Waals surface area contributed by atoms with Crippen LogP contribution in [0.4, 0.5) is 14.9 Å². The first-order valence-corrected chi connectivity index (χ1v) is 10.3. The van der Waals surface area contributed by atoms with E-state index in [1.165, 1.54) is 0 Å². The molecule has 1 aliphatic rings. The van der Waals surface area contributed by atoms with E-state index in [1.54, 1.807) is 17.0 Å². The van der Waals surface area contributed by atoms with E-state index in [4.69, 9.17) is 16.3 Å². The molecule has 29 heavy (non-hydrogen) atoms. The van der Waals surface area contributed by atoms with Gasteiger partial charge in [0, 0.05) is 31.1 Å². The van der Waals surface area contributed by atoms with Crippen molar-refractivity contribution in [2.24, 2.45) is 0 Å². The smallest absolute Gasteiger partial charge is 0.410 e. The number of rotatable bonds is 1. The highest BCUT2D eigenvalue weighted by Gasteiger charge is 2.32. The number of nitrogens with zero attached hydrogens (tertiary/aromatic N) is 4. The molecule has 3 rings (SSSR count). The Bertz CT molecular complexity index is 1020. The van der Waals surface area contributed by atoms with Gasteiger partial charge in [-0.2, -0.15) is 5.26 Å². The van der Waals surface area contributed by atoms with Crippen LogP contribution in [-0.4, -0.2) is 47.3 Å². The third-order valence-electron chi connectivity index (χ3n) is 4.66. The van der Waals surface area contributed by atoms with Crippen LogP contribution >= 0.6 is 27.5 Å². The molecule has 1 saturated heterocycles. The lowest BCUT2D eigenvalue weighted by molar-refractivity contribution is 0.0219. The quantitative estimate of drug-likeness (QED) is 0.527. The van der Waals surface area contributed by atoms with Gasteiger partial charge < -0.3 is 14.5 Å². The Morgan fingerprint density at radius 3 is 2.69 bits per heavy atom. The predicted octanol–water partition coefficient (Wildman–Crippen LogP) is 5.11. The number of nitriles is 1. The topological polar surface area (TPSA) is 69.5 Å². The standard InChI is InChI=1S/C20H21BrClFN4O2/c1-11-10-26(19(28)29-20(2,3)4)7-8-27(11)17-12-5-6-14(21)15(23)16(12)25-18(22)13(17)9-24/h5-6,11H,7-8,10H2,1-4H3/t11-/m1/s1. The van der Waals surface area contributed by atoms with Crippen molar-refractivity contribution >= 4 is 50.2 Å². The molecule has 0 radical (unpaired) electrons. The molecule has 1 atom stereocenters. The molecule has 1 fully saturated rings. The van der Waals surface area contributed by atoms with Crippen LogP contribution in [0.2, 0.25) is 5.15 Å². The number of halogens is 3. The van der Waals surface area contributed by atoms with E-state index in [2.05, 4.69) is 27.0 Å². The maximum absolute atomic E-state index is 14.6. The minimum Gasteiger partial charge on any atom is -0.444 e. The summed E-state index contributed by atoms with van der Waals surface area (Å²) in [5, 5.41) is 10.1. The van der Waals surface area contributed by atoms with Gasteiger partial charge in [-0.15, -0.1) is 0 Å². The van der Waals surface area contributed by atoms with Crippen molar-refractivity contribution in [3.8, 4) is 6.07 Å². The average Bonchev–Trinajstić information content (AvgIpc) is 2.63. The van der Waals surface area contributed by atoms with Crippen molar-refractivity contribution in [2.75, 3.05) is 24.5 Å². The first kappa shape index (κ1) is 21.6. The molecule has 9 heteroatoms. The second-order valence-corrected chi connectivity index (χ2v) is 9.18. The first-order valence-electron chi connectivity index (χ1n) is 9.15. The van der Waals surface area contributed by atoms with E-state index < -0.39 is 11.4 Å². The molecule has 154 valence electrons. The Morgan fingerprint density at radius 1 is 1.41 bits per heavy atom. The lowest BCUT2D eigenvalue weighted by Gasteiger charge is -2.42. The number of anilines is 1. The molecule has 6 nitrogen and oxygen atoms in total. The summed E-state index contributed by atoms with van der Waals surface area (Å²) in [7, 11) is 0. The summed E-state index contributed by atoms with van der Waals surface area (Å²) in [6.07, 6.45) is -0.378. The van der Waals surface area contributed by atoms with Crippen molar-refractivity contribution in [2.45, 2.75) is 39.3 Å². The molecule has 1 aromatic carbocycles. The maximum atomic E-state index is 14.6. The number of carbonyl (C=O) groups is 1. The number of carbonyl (C=O) groups excluding carboxylic acids is 1. The molecular weight excluding hydrogens is 463 g/mol. The minimum atomic E-state index is -0.578. The summed E-state index contributed by atoms with van der Waals surface area (Å²) in [5.74, 6) is -0.532. The second-order valence-electron chi connectivity index (χ2n) is 7.96. The zero-order valence-corrected chi connectivity index (χ0v) is 18.9. The largest absolute Gasteiger partial charge is 0.444 e. The average molecular weight is 484 g/mol. The molecule has 1 aromatic heterocycles. The molecule has 2 aromatic rings. The molecule has 1 aliphatic heterocycles. The van der Waals surface area contributed by atoms with Crippen LogP contribution in [0.5, 0.6) is 0 Å². The molecule has 0 unspecified atom stereocenters. The number of ether oxygens (including phenoxy) is 1. The second kappa shape index (κ2) is 7.96. The van der Waals surface area contributed by atoms with E-state index in [0.717, 1.165) is 0 Å². The van der Waals surface area contributed by atoms with E-state index in [9.17, 15) is 14.4 Å². The van der Waals surface area contributed by atoms with Crippen molar-refractivity contribution in [1.82, 2.24) is 9.88 Å². The Morgan fingerprint density at radius 2 is 2.10 bits per heavy atom. The highest BCUT2D eigenvalue weighted by Crippen LogP contribution is 2.38. The van der Waals surface area contributed by atoms with Crippen LogP contribution < -0.4 is 4.90 Å². The third kappa shape index (κ3) is 4.26. The lowest BCUT2D eigenvalue weighted by atomic mass is 10.0. The van der Waals surface area contributed by atoms with Gasteiger partial charge in [0.25, 0.3) is 0 Å². The fourth-order valence-electron chi connectivity index (χ4n) is 3.41. The molecular formula is C20H21BrClFN4O2. The predicted molar refractivity (Wildman–Crippen MR) is 114 cm³/mol. The zero-order chi connectivity index (χ0) is 21.5. The van der Waals surface area contributed by atoms with Gasteiger partial charge in [-0.1, -0.05) is 11.6 Å². The molecule has 2 heterocycles. The van der Waals surface area contributed by atoms with Crippen molar-refractivity contribution in [3.63, 3.8) is 0 Å². The third-order valence-corrected chi connectivity index (χ3v) is 5.54. The lowest BCUT2D eigenvalue weighted by Crippen LogP contribution is -2.54. The van der Waals surface area contributed by atoms with Gasteiger partial charge >= 0.3 is 6.09 Å². The number of aromatic nitrogens is 1. The number of fused-ring (bicyclic) bond motifs is 1. The van der Waals surface area contributed by atoms with Crippen LogP contribution in [0.1, 0.15) is 33.3 Å². The number of pyridine rings is 1. The van der Waals surface area contributed by atoms with Crippen molar-refractivity contribution < 1.29 is 13.9 Å². The summed E-state index contributed by atoms with van der Waals surface area (Å²) in [4.78, 5) is 20.1. The van der Waals surface area contributed by atoms with Gasteiger partial charge in [0.05, 0.1) is 10.2 Å². The fraction of sp³-hybridized carbons (Fsp3) is 0.450. The first-order chi connectivity index (χ1) is 13.5. The van der Waals surface area contributed by atoms with Gasteiger partial charge in [-0.3, -0.25) is 0 Å². The summed E-state index contributed by atoms with van der Waals surface area (Å²) in [5.41, 5.74) is 0.245. The number of hydrogen-bond acceptors (Lipinski definition) is 5. The fourth-order valence-corrected chi connectivity index (χ4v) is 3.94. The van der Waals surface area contributed by atoms with E-state index >= 15 is 0 Å². The zero-order valence-electron chi connectivity index (χ0n) is 16.6. The molecule has 0 saturated carbocycles. The molecule has 0 bridgehead atoms. The monoisotopic (exact) mass is 482 g/mol. The Hall–Kier alpha value is -2.11. The van der Waals surface area contributed by atoms with Crippen LogP contribution in [-0.2, 0) is 4.74 Å². The number of amides is 1. The van der Waals surface area contributed by atoms with Gasteiger partial charge in [0.1, 0.15) is 27.9 Å². The molecule has 0 spiro atoms. The summed E-state index contributed by atoms with van der Waals surface area (Å²) in [6.45, 7) is 8.66. The van der Waals surface area contributed by atoms with Crippen LogP contribution in [0.3, 0.4) is 0 Å². The van der Waals surface area contributed by atoms with Crippen LogP contribution in [0.25, 0.3) is 10.9 Å². The number of piperazine rings is 1. The summed E-state index contributed by atoms with van der Waals surface area (Å²) < 4.78 is 20.4. The van der Waals surface area contributed by atoms with Gasteiger partial charge in [0.2, 0.25) is 0 Å². The van der Waals surface area contributed by atoms with E-state index in [1.807, 2.05) is 32.6 Å². The van der Waals surface area contributed by atoms with Crippen LogP contribution in [0, 0.1) is 17.1 Å². The normalized spacial score (nSPS) is 17.4. The van der Waals surface area contributed by atoms with E-state index in [0.29, 0.717) is 30.7 Å². The van der Waals surface area contributed by atoms with Gasteiger partial charge in [-0.05, 0) is 55.8 Å². The Kier molecular flexibility index (Phi) is 5.93. The van der Waals surface area contributed by atoms with Crippen LogP contribution in [0.15, 0.2) is 16.6 Å². The SMILES string of the molecule is C[C@@H]1CN(C(=O)OC(C)(C)C)CCN1c1c(C#N)c(Cl)nc2c(F)c(Br)ccc12. The summed E-state index contributed by atoms with van der Waals surface area (Å²) in [6, 6.07) is 5.26. The summed E-state index contributed by atoms with van der Waals surface area (Å²) >= 11 is 9.39. The molecule has 1 amide bonds. The number of hydrogen-bond donors (Lipinski definition) is 0. The van der Waals surface area contributed by atoms with Gasteiger partial charge in [-0.25, -0.2) is 14.2 Å². The maximum Gasteiger partial charge on any atom is 0.410 e. The van der Waals surface area contributed by atoms with Crippen molar-refractivity contribution in [1.29, 1.82) is 5.26 Å². The molecule has 0 N–H and O–H groups in total.